The molecule has 0 saturated carbocycles. The lowest BCUT2D eigenvalue weighted by Gasteiger charge is -2.30. The number of alkyl halides is 6. The normalized spacial score (nSPS) is 17.0. The summed E-state index contributed by atoms with van der Waals surface area (Å²) < 4.78 is 102. The molecule has 0 unspecified atom stereocenters. The first kappa shape index (κ1) is 30.9. The molecule has 2 aromatic rings. The predicted octanol–water partition coefficient (Wildman–Crippen LogP) is 5.98. The van der Waals surface area contributed by atoms with Crippen LogP contribution in [0, 0.1) is 23.1 Å². The Bertz CT molecular complexity index is 1350. The highest BCUT2D eigenvalue weighted by Gasteiger charge is 2.44. The average Bonchev–Trinajstić information content (AvgIpc) is 3.30. The first-order valence-electron chi connectivity index (χ1n) is 12.9. The molecule has 42 heavy (non-hydrogen) atoms. The molecule has 15 heteroatoms. The number of benzene rings is 2. The van der Waals surface area contributed by atoms with Gasteiger partial charge in [0.15, 0.2) is 5.75 Å². The molecule has 0 aliphatic carbocycles. The standard InChI is InChI=1S/C27H26F7N5O3/c1-36(20-4-2-19(28)3-5-20)25(41)42-23-21(27(32,33)34)14-18(26(29,30)31)15-22(23)39-13-12-38(24(39)40)11-10-37-8-6-17(16-35)7-9-37/h2-5,14-15,17H,6-13H2,1H3. The van der Waals surface area contributed by atoms with Crippen LogP contribution in [0.3, 0.4) is 0 Å². The number of carbonyl (C=O) groups is 2. The summed E-state index contributed by atoms with van der Waals surface area (Å²) in [6, 6.07) is 5.83. The van der Waals surface area contributed by atoms with Gasteiger partial charge in [-0.25, -0.2) is 14.0 Å². The monoisotopic (exact) mass is 601 g/mol. The van der Waals surface area contributed by atoms with Gasteiger partial charge in [0.05, 0.1) is 17.3 Å². The summed E-state index contributed by atoms with van der Waals surface area (Å²) in [7, 11) is 1.12. The Balaban J connectivity index is 1.64. The number of carbonyl (C=O) groups excluding carboxylic acids is 2. The third-order valence-corrected chi connectivity index (χ3v) is 7.22. The number of rotatable bonds is 6. The Morgan fingerprint density at radius 1 is 1.00 bits per heavy atom. The second-order valence-electron chi connectivity index (χ2n) is 9.94. The van der Waals surface area contributed by atoms with Gasteiger partial charge in [-0.15, -0.1) is 0 Å². The number of ether oxygens (including phenoxy) is 1. The summed E-state index contributed by atoms with van der Waals surface area (Å²) in [5.41, 5.74) is -4.39. The van der Waals surface area contributed by atoms with E-state index in [1.165, 1.54) is 4.90 Å². The summed E-state index contributed by atoms with van der Waals surface area (Å²) in [5.74, 6) is -1.96. The van der Waals surface area contributed by atoms with Crippen molar-refractivity contribution in [2.75, 3.05) is 56.1 Å². The summed E-state index contributed by atoms with van der Waals surface area (Å²) in [4.78, 5) is 30.9. The van der Waals surface area contributed by atoms with Crippen molar-refractivity contribution >= 4 is 23.5 Å². The third kappa shape index (κ3) is 6.87. The largest absolute Gasteiger partial charge is 0.420 e. The highest BCUT2D eigenvalue weighted by Crippen LogP contribution is 2.47. The molecule has 3 amide bonds. The molecular formula is C27H26F7N5O3. The summed E-state index contributed by atoms with van der Waals surface area (Å²) in [6.45, 7) is 1.54. The predicted molar refractivity (Wildman–Crippen MR) is 136 cm³/mol. The number of halogens is 7. The van der Waals surface area contributed by atoms with E-state index in [1.54, 1.807) is 0 Å². The first-order chi connectivity index (χ1) is 19.7. The quantitative estimate of drug-likeness (QED) is 0.381. The lowest BCUT2D eigenvalue weighted by molar-refractivity contribution is -0.143. The van der Waals surface area contributed by atoms with Gasteiger partial charge in [0.1, 0.15) is 11.4 Å². The van der Waals surface area contributed by atoms with E-state index in [4.69, 9.17) is 10.00 Å². The number of likely N-dealkylation sites (tertiary alicyclic amines) is 1. The van der Waals surface area contributed by atoms with Gasteiger partial charge in [0.2, 0.25) is 0 Å². The Hall–Kier alpha value is -4.06. The molecule has 2 aromatic carbocycles. The molecule has 2 aliphatic heterocycles. The number of hydrogen-bond acceptors (Lipinski definition) is 5. The van der Waals surface area contributed by atoms with E-state index >= 15 is 0 Å². The zero-order valence-electron chi connectivity index (χ0n) is 22.3. The number of urea groups is 1. The number of hydrogen-bond donors (Lipinski definition) is 0. The van der Waals surface area contributed by atoms with Gasteiger partial charge in [0, 0.05) is 44.8 Å². The molecule has 0 aromatic heterocycles. The number of piperidine rings is 1. The van der Waals surface area contributed by atoms with Crippen LogP contribution >= 0.6 is 0 Å². The maximum atomic E-state index is 14.1. The SMILES string of the molecule is CN(C(=O)Oc1c(N2CCN(CCN3CCC(C#N)CC3)C2=O)cc(C(F)(F)F)cc1C(F)(F)F)c1ccc(F)cc1. The lowest BCUT2D eigenvalue weighted by Crippen LogP contribution is -2.41. The molecule has 8 nitrogen and oxygen atoms in total. The molecule has 226 valence electrons. The van der Waals surface area contributed by atoms with E-state index in [-0.39, 0.29) is 37.3 Å². The van der Waals surface area contributed by atoms with Crippen molar-refractivity contribution in [3.63, 3.8) is 0 Å². The van der Waals surface area contributed by atoms with Gasteiger partial charge in [-0.05, 0) is 62.3 Å². The molecule has 0 radical (unpaired) electrons. The van der Waals surface area contributed by atoms with E-state index in [1.807, 2.05) is 4.90 Å². The molecular weight excluding hydrogens is 575 g/mol. The number of amides is 3. The Kier molecular flexibility index (Phi) is 8.86. The fourth-order valence-electron chi connectivity index (χ4n) is 4.78. The van der Waals surface area contributed by atoms with Crippen LogP contribution in [0.2, 0.25) is 0 Å². The molecule has 2 aliphatic rings. The number of anilines is 2. The Morgan fingerprint density at radius 2 is 1.64 bits per heavy atom. The van der Waals surface area contributed by atoms with E-state index in [0.717, 1.165) is 41.1 Å². The minimum atomic E-state index is -5.39. The van der Waals surface area contributed by atoms with Crippen LogP contribution in [0.1, 0.15) is 24.0 Å². The second-order valence-corrected chi connectivity index (χ2v) is 9.94. The van der Waals surface area contributed by atoms with Crippen LogP contribution in [0.25, 0.3) is 0 Å². The molecule has 0 atom stereocenters. The molecule has 4 rings (SSSR count). The molecule has 2 fully saturated rings. The molecule has 0 spiro atoms. The van der Waals surface area contributed by atoms with Gasteiger partial charge in [-0.2, -0.15) is 31.6 Å². The van der Waals surface area contributed by atoms with Gasteiger partial charge in [-0.1, -0.05) is 0 Å². The average molecular weight is 602 g/mol. The number of nitrogens with zero attached hydrogens (tertiary/aromatic N) is 5. The van der Waals surface area contributed by atoms with Gasteiger partial charge >= 0.3 is 24.5 Å². The van der Waals surface area contributed by atoms with Crippen LogP contribution in [0.5, 0.6) is 5.75 Å². The van der Waals surface area contributed by atoms with Gasteiger partial charge in [-0.3, -0.25) is 9.80 Å². The van der Waals surface area contributed by atoms with Crippen LogP contribution in [-0.4, -0.2) is 68.2 Å². The van der Waals surface area contributed by atoms with Gasteiger partial charge < -0.3 is 14.5 Å². The zero-order chi connectivity index (χ0) is 30.8. The van der Waals surface area contributed by atoms with Crippen molar-refractivity contribution in [3.8, 4) is 11.8 Å². The highest BCUT2D eigenvalue weighted by molar-refractivity contribution is 5.97. The van der Waals surface area contributed by atoms with Crippen molar-refractivity contribution in [3.05, 3.63) is 53.3 Å². The second kappa shape index (κ2) is 12.0. The molecule has 2 heterocycles. The van der Waals surface area contributed by atoms with Crippen molar-refractivity contribution in [1.82, 2.24) is 9.80 Å². The molecule has 0 bridgehead atoms. The Morgan fingerprint density at radius 3 is 2.21 bits per heavy atom. The summed E-state index contributed by atoms with van der Waals surface area (Å²) >= 11 is 0. The first-order valence-corrected chi connectivity index (χ1v) is 12.9. The van der Waals surface area contributed by atoms with Crippen LogP contribution < -0.4 is 14.5 Å². The van der Waals surface area contributed by atoms with Crippen molar-refractivity contribution in [1.29, 1.82) is 5.26 Å². The van der Waals surface area contributed by atoms with E-state index in [9.17, 15) is 40.3 Å². The summed E-state index contributed by atoms with van der Waals surface area (Å²) in [6.07, 6.45) is -10.7. The molecule has 2 saturated heterocycles. The highest BCUT2D eigenvalue weighted by atomic mass is 19.4. The van der Waals surface area contributed by atoms with Crippen molar-refractivity contribution in [2.24, 2.45) is 5.92 Å². The molecule has 0 N–H and O–H groups in total. The fraction of sp³-hybridized carbons (Fsp3) is 0.444. The van der Waals surface area contributed by atoms with Crippen molar-refractivity contribution < 1.29 is 45.1 Å². The van der Waals surface area contributed by atoms with E-state index < -0.39 is 52.9 Å². The topological polar surface area (TPSA) is 80.1 Å². The van der Waals surface area contributed by atoms with E-state index in [2.05, 4.69) is 6.07 Å². The lowest BCUT2D eigenvalue weighted by atomic mass is 9.99. The van der Waals surface area contributed by atoms with Crippen LogP contribution in [0.15, 0.2) is 36.4 Å². The minimum Gasteiger partial charge on any atom is -0.407 e. The van der Waals surface area contributed by atoms with E-state index in [0.29, 0.717) is 38.5 Å². The third-order valence-electron chi connectivity index (χ3n) is 7.22. The van der Waals surface area contributed by atoms with Crippen molar-refractivity contribution in [2.45, 2.75) is 25.2 Å². The zero-order valence-corrected chi connectivity index (χ0v) is 22.3. The smallest absolute Gasteiger partial charge is 0.407 e. The maximum absolute atomic E-state index is 14.1. The maximum Gasteiger partial charge on any atom is 0.420 e. The Labute approximate surface area is 236 Å². The van der Waals surface area contributed by atoms with Crippen LogP contribution in [-0.2, 0) is 12.4 Å². The van der Waals surface area contributed by atoms with Crippen LogP contribution in [0.4, 0.5) is 51.7 Å². The summed E-state index contributed by atoms with van der Waals surface area (Å²) in [5, 5.41) is 9.05. The minimum absolute atomic E-state index is 0.00790. The fourth-order valence-corrected chi connectivity index (χ4v) is 4.78. The number of nitriles is 1. The van der Waals surface area contributed by atoms with Gasteiger partial charge in [0.25, 0.3) is 0 Å².